The van der Waals surface area contributed by atoms with Gasteiger partial charge in [-0.15, -0.1) is 0 Å². The molecule has 4 aliphatic rings. The second-order valence-electron chi connectivity index (χ2n) is 6.21. The largest absolute Gasteiger partial charge is 0.300 e. The molecule has 0 heterocycles. The predicted octanol–water partition coefficient (Wildman–Crippen LogP) is 2.75. The van der Waals surface area contributed by atoms with Gasteiger partial charge in [-0.1, -0.05) is 12.8 Å². The van der Waals surface area contributed by atoms with E-state index in [1.165, 1.54) is 25.7 Å². The van der Waals surface area contributed by atoms with Crippen LogP contribution in [0.5, 0.6) is 0 Å². The van der Waals surface area contributed by atoms with Gasteiger partial charge in [0.2, 0.25) is 0 Å². The van der Waals surface area contributed by atoms with Crippen molar-refractivity contribution in [3.63, 3.8) is 0 Å². The fourth-order valence-corrected chi connectivity index (χ4v) is 4.63. The van der Waals surface area contributed by atoms with E-state index in [1.807, 2.05) is 0 Å². The van der Waals surface area contributed by atoms with Crippen LogP contribution in [0.3, 0.4) is 0 Å². The average molecular weight is 220 g/mol. The molecule has 0 aromatic carbocycles. The number of rotatable bonds is 1. The van der Waals surface area contributed by atoms with Crippen LogP contribution < -0.4 is 0 Å². The Morgan fingerprint density at radius 1 is 1.38 bits per heavy atom. The smallest absolute Gasteiger partial charge is 0.137 e. The monoisotopic (exact) mass is 220 g/mol. The molecule has 4 aliphatic carbocycles. The zero-order chi connectivity index (χ0) is 11.3. The first-order chi connectivity index (χ1) is 7.62. The van der Waals surface area contributed by atoms with Crippen LogP contribution in [0, 0.1) is 23.2 Å². The zero-order valence-corrected chi connectivity index (χ0v) is 10.00. The molecule has 16 heavy (non-hydrogen) atoms. The Morgan fingerprint density at radius 3 is 2.94 bits per heavy atom. The molecule has 0 N–H and O–H groups in total. The van der Waals surface area contributed by atoms with Crippen LogP contribution in [0.4, 0.5) is 0 Å². The molecule has 2 nitrogen and oxygen atoms in total. The Kier molecular flexibility index (Phi) is 2.24. The quantitative estimate of drug-likeness (QED) is 0.681. The minimum Gasteiger partial charge on any atom is -0.300 e. The van der Waals surface area contributed by atoms with Crippen molar-refractivity contribution < 1.29 is 9.59 Å². The van der Waals surface area contributed by atoms with Crippen molar-refractivity contribution in [1.82, 2.24) is 0 Å². The molecule has 0 saturated heterocycles. The van der Waals surface area contributed by atoms with Crippen molar-refractivity contribution in [2.75, 3.05) is 0 Å². The number of carbonyl (C=O) groups excluding carboxylic acids is 2. The van der Waals surface area contributed by atoms with Gasteiger partial charge in [-0.3, -0.25) is 9.59 Å². The lowest BCUT2D eigenvalue weighted by Gasteiger charge is -2.56. The third-order valence-electron chi connectivity index (χ3n) is 5.46. The first kappa shape index (κ1) is 10.5. The highest BCUT2D eigenvalue weighted by atomic mass is 16.1. The van der Waals surface area contributed by atoms with Crippen LogP contribution in [0.2, 0.25) is 0 Å². The Balaban J connectivity index is 1.94. The molecule has 4 fully saturated rings. The molecule has 0 aromatic heterocycles. The number of Topliss-reactive ketones (excluding diaryl/α,β-unsaturated/α-hetero) is 2. The highest BCUT2D eigenvalue weighted by Gasteiger charge is 2.56. The fourth-order valence-electron chi connectivity index (χ4n) is 4.63. The third kappa shape index (κ3) is 1.31. The Bertz CT molecular complexity index is 347. The van der Waals surface area contributed by atoms with Gasteiger partial charge in [-0.25, -0.2) is 0 Å². The molecule has 4 saturated carbocycles. The zero-order valence-electron chi connectivity index (χ0n) is 10.00. The molecule has 2 bridgehead atoms. The summed E-state index contributed by atoms with van der Waals surface area (Å²) in [6.45, 7) is 1.67. The molecule has 0 aromatic rings. The summed E-state index contributed by atoms with van der Waals surface area (Å²) < 4.78 is 0. The van der Waals surface area contributed by atoms with E-state index >= 15 is 0 Å². The predicted molar refractivity (Wildman–Crippen MR) is 60.9 cm³/mol. The minimum absolute atomic E-state index is 0.0654. The molecule has 4 atom stereocenters. The summed E-state index contributed by atoms with van der Waals surface area (Å²) in [4.78, 5) is 23.7. The van der Waals surface area contributed by atoms with Gasteiger partial charge in [-0.05, 0) is 43.9 Å². The molecular formula is C14H20O2. The lowest BCUT2D eigenvalue weighted by molar-refractivity contribution is -0.154. The fraction of sp³-hybridized carbons (Fsp3) is 0.857. The number of hydrogen-bond donors (Lipinski definition) is 0. The molecule has 4 unspecified atom stereocenters. The van der Waals surface area contributed by atoms with Crippen molar-refractivity contribution in [1.29, 1.82) is 0 Å². The van der Waals surface area contributed by atoms with Gasteiger partial charge in [0, 0.05) is 18.3 Å². The molecule has 0 aliphatic heterocycles. The van der Waals surface area contributed by atoms with Gasteiger partial charge in [0.1, 0.15) is 11.6 Å². The maximum absolute atomic E-state index is 12.1. The van der Waals surface area contributed by atoms with Gasteiger partial charge >= 0.3 is 0 Å². The molecule has 2 heteroatoms. The molecular weight excluding hydrogens is 200 g/mol. The van der Waals surface area contributed by atoms with E-state index in [9.17, 15) is 9.59 Å². The van der Waals surface area contributed by atoms with Gasteiger partial charge in [0.05, 0.1) is 0 Å². The van der Waals surface area contributed by atoms with E-state index in [0.29, 0.717) is 5.78 Å². The maximum Gasteiger partial charge on any atom is 0.137 e. The Hall–Kier alpha value is -0.660. The summed E-state index contributed by atoms with van der Waals surface area (Å²) in [6, 6.07) is 0. The lowest BCUT2D eigenvalue weighted by Crippen LogP contribution is -2.54. The van der Waals surface area contributed by atoms with Crippen LogP contribution in [0.1, 0.15) is 51.9 Å². The van der Waals surface area contributed by atoms with Gasteiger partial charge in [0.15, 0.2) is 0 Å². The second kappa shape index (κ2) is 3.41. The van der Waals surface area contributed by atoms with Crippen molar-refractivity contribution in [3.05, 3.63) is 0 Å². The summed E-state index contributed by atoms with van der Waals surface area (Å²) in [5.41, 5.74) is 0.237. The van der Waals surface area contributed by atoms with E-state index in [4.69, 9.17) is 0 Å². The van der Waals surface area contributed by atoms with E-state index in [0.717, 1.165) is 25.2 Å². The maximum atomic E-state index is 12.1. The van der Waals surface area contributed by atoms with E-state index < -0.39 is 0 Å². The van der Waals surface area contributed by atoms with Crippen molar-refractivity contribution >= 4 is 11.6 Å². The SMILES string of the molecule is CC(=O)C1CC23CCCCC2CC1C(=O)C3. The van der Waals surface area contributed by atoms with Crippen molar-refractivity contribution in [2.45, 2.75) is 51.9 Å². The van der Waals surface area contributed by atoms with Gasteiger partial charge in [0.25, 0.3) is 0 Å². The average Bonchev–Trinajstić information content (AvgIpc) is 2.26. The highest BCUT2D eigenvalue weighted by Crippen LogP contribution is 2.60. The van der Waals surface area contributed by atoms with Crippen LogP contribution >= 0.6 is 0 Å². The second-order valence-corrected chi connectivity index (χ2v) is 6.21. The summed E-state index contributed by atoms with van der Waals surface area (Å²) >= 11 is 0. The van der Waals surface area contributed by atoms with Gasteiger partial charge < -0.3 is 0 Å². The first-order valence-corrected chi connectivity index (χ1v) is 6.65. The van der Waals surface area contributed by atoms with Crippen molar-refractivity contribution in [3.8, 4) is 0 Å². The lowest BCUT2D eigenvalue weighted by atomic mass is 9.47. The highest BCUT2D eigenvalue weighted by molar-refractivity contribution is 5.91. The summed E-state index contributed by atoms with van der Waals surface area (Å²) in [5.74, 6) is 1.55. The van der Waals surface area contributed by atoms with E-state index in [1.54, 1.807) is 6.92 Å². The number of fused-ring (bicyclic) bond motifs is 2. The molecule has 88 valence electrons. The van der Waals surface area contributed by atoms with Crippen LogP contribution in [-0.2, 0) is 9.59 Å². The van der Waals surface area contributed by atoms with E-state index in [-0.39, 0.29) is 23.0 Å². The van der Waals surface area contributed by atoms with Crippen LogP contribution in [0.25, 0.3) is 0 Å². The van der Waals surface area contributed by atoms with E-state index in [2.05, 4.69) is 0 Å². The topological polar surface area (TPSA) is 34.1 Å². The first-order valence-electron chi connectivity index (χ1n) is 6.65. The Morgan fingerprint density at radius 2 is 2.19 bits per heavy atom. The minimum atomic E-state index is 0.0654. The van der Waals surface area contributed by atoms with Crippen LogP contribution in [0.15, 0.2) is 0 Å². The Labute approximate surface area is 96.8 Å². The molecule has 4 rings (SSSR count). The summed E-state index contributed by atoms with van der Waals surface area (Å²) in [6.07, 6.45) is 7.91. The number of carbonyl (C=O) groups is 2. The summed E-state index contributed by atoms with van der Waals surface area (Å²) in [7, 11) is 0. The molecule has 0 radical (unpaired) electrons. The third-order valence-corrected chi connectivity index (χ3v) is 5.46. The van der Waals surface area contributed by atoms with Crippen molar-refractivity contribution in [2.24, 2.45) is 23.2 Å². The summed E-state index contributed by atoms with van der Waals surface area (Å²) in [5, 5.41) is 0. The van der Waals surface area contributed by atoms with Crippen LogP contribution in [-0.4, -0.2) is 11.6 Å². The van der Waals surface area contributed by atoms with Gasteiger partial charge in [-0.2, -0.15) is 0 Å². The normalized spacial score (nSPS) is 46.6. The molecule has 0 amide bonds. The number of hydrogen-bond acceptors (Lipinski definition) is 2. The molecule has 1 spiro atoms. The number of ketones is 2. The standard InChI is InChI=1S/C14H20O2/c1-9(15)12-7-14-5-3-2-4-10(14)6-11(12)13(16)8-14/h10-12H,2-8H2,1H3.